The Hall–Kier alpha value is -2.41. The van der Waals surface area contributed by atoms with Crippen molar-refractivity contribution in [3.63, 3.8) is 0 Å². The van der Waals surface area contributed by atoms with E-state index < -0.39 is 0 Å². The fourth-order valence-corrected chi connectivity index (χ4v) is 2.65. The predicted molar refractivity (Wildman–Crippen MR) is 91.2 cm³/mol. The van der Waals surface area contributed by atoms with Crippen molar-refractivity contribution in [1.82, 2.24) is 29.3 Å². The summed E-state index contributed by atoms with van der Waals surface area (Å²) < 4.78 is 4.03. The number of halogens is 1. The van der Waals surface area contributed by atoms with Crippen LogP contribution in [0.4, 0.5) is 5.82 Å². The van der Waals surface area contributed by atoms with Crippen LogP contribution in [0.3, 0.4) is 0 Å². The highest BCUT2D eigenvalue weighted by Gasteiger charge is 2.20. The van der Waals surface area contributed by atoms with E-state index in [1.807, 2.05) is 23.0 Å². The lowest BCUT2D eigenvalue weighted by molar-refractivity contribution is 0.490. The Balaban J connectivity index is 0.00000192. The lowest BCUT2D eigenvalue weighted by Gasteiger charge is -2.19. The second-order valence-corrected chi connectivity index (χ2v) is 4.99. The van der Waals surface area contributed by atoms with Crippen LogP contribution in [0.5, 0.6) is 0 Å². The summed E-state index contributed by atoms with van der Waals surface area (Å²) in [6.07, 6.45) is 7.94. The smallest absolute Gasteiger partial charge is 0.149 e. The Morgan fingerprint density at radius 2 is 2.00 bits per heavy atom. The van der Waals surface area contributed by atoms with E-state index in [1.54, 1.807) is 18.7 Å². The van der Waals surface area contributed by atoms with E-state index in [0.717, 1.165) is 30.2 Å². The molecular weight excluding hydrogens is 314 g/mol. The third-order valence-electron chi connectivity index (χ3n) is 3.67. The second kappa shape index (κ2) is 7.23. The van der Waals surface area contributed by atoms with Gasteiger partial charge in [-0.05, 0) is 25.5 Å². The Bertz CT molecular complexity index is 765. The molecule has 3 rings (SSSR count). The number of anilines is 1. The number of hydrogen-bond donors (Lipinski definition) is 1. The van der Waals surface area contributed by atoms with Gasteiger partial charge in [0, 0.05) is 30.7 Å². The maximum absolute atomic E-state index is 5.79. The fraction of sp³-hybridized carbons (Fsp3) is 0.333. The van der Waals surface area contributed by atoms with Gasteiger partial charge in [-0.15, -0.1) is 12.4 Å². The second-order valence-electron chi connectivity index (χ2n) is 4.99. The highest BCUT2D eigenvalue weighted by atomic mass is 35.5. The van der Waals surface area contributed by atoms with Gasteiger partial charge in [-0.2, -0.15) is 5.10 Å². The summed E-state index contributed by atoms with van der Waals surface area (Å²) in [5.41, 5.74) is 6.73. The zero-order valence-corrected chi connectivity index (χ0v) is 13.9. The summed E-state index contributed by atoms with van der Waals surface area (Å²) in [5.74, 6) is 2.27. The van der Waals surface area contributed by atoms with Crippen LogP contribution in [0, 0.1) is 0 Å². The molecule has 3 heterocycles. The first-order valence-electron chi connectivity index (χ1n) is 7.37. The molecule has 8 heteroatoms. The molecular formula is C15H20ClN7. The van der Waals surface area contributed by atoms with Gasteiger partial charge in [0.15, 0.2) is 0 Å². The fourth-order valence-electron chi connectivity index (χ4n) is 2.65. The van der Waals surface area contributed by atoms with Gasteiger partial charge in [-0.3, -0.25) is 0 Å². The van der Waals surface area contributed by atoms with Gasteiger partial charge in [-0.1, -0.05) is 6.92 Å². The van der Waals surface area contributed by atoms with Gasteiger partial charge in [0.1, 0.15) is 23.8 Å². The molecule has 0 spiro atoms. The first kappa shape index (κ1) is 17.0. The average molecular weight is 334 g/mol. The quantitative estimate of drug-likeness (QED) is 0.775. The zero-order chi connectivity index (χ0) is 15.5. The minimum absolute atomic E-state index is 0. The molecule has 1 unspecified atom stereocenters. The van der Waals surface area contributed by atoms with E-state index in [9.17, 15) is 0 Å². The first-order chi connectivity index (χ1) is 10.7. The van der Waals surface area contributed by atoms with Gasteiger partial charge in [0.05, 0.1) is 6.04 Å². The molecule has 0 amide bonds. The highest BCUT2D eigenvalue weighted by molar-refractivity contribution is 5.85. The maximum atomic E-state index is 5.79. The van der Waals surface area contributed by atoms with E-state index in [2.05, 4.69) is 38.5 Å². The van der Waals surface area contributed by atoms with E-state index in [4.69, 9.17) is 5.73 Å². The van der Waals surface area contributed by atoms with Crippen LogP contribution < -0.4 is 5.73 Å². The van der Waals surface area contributed by atoms with Crippen LogP contribution in [0.1, 0.15) is 32.1 Å². The summed E-state index contributed by atoms with van der Waals surface area (Å²) in [4.78, 5) is 13.0. The lowest BCUT2D eigenvalue weighted by atomic mass is 10.1. The number of pyridine rings is 1. The molecule has 122 valence electrons. The van der Waals surface area contributed by atoms with Crippen molar-refractivity contribution < 1.29 is 0 Å². The number of rotatable bonds is 5. The number of hydrogen-bond acceptors (Lipinski definition) is 5. The normalized spacial score (nSPS) is 11.9. The molecule has 2 N–H and O–H groups in total. The molecule has 3 aromatic heterocycles. The van der Waals surface area contributed by atoms with E-state index in [1.165, 1.54) is 0 Å². The number of imidazole rings is 1. The highest BCUT2D eigenvalue weighted by Crippen LogP contribution is 2.27. The van der Waals surface area contributed by atoms with Crippen LogP contribution in [-0.4, -0.2) is 29.3 Å². The van der Waals surface area contributed by atoms with Crippen molar-refractivity contribution >= 4 is 18.2 Å². The Morgan fingerprint density at radius 1 is 1.17 bits per heavy atom. The molecule has 0 aliphatic carbocycles. The number of aromatic nitrogens is 6. The van der Waals surface area contributed by atoms with E-state index in [0.29, 0.717) is 5.82 Å². The summed E-state index contributed by atoms with van der Waals surface area (Å²) in [7, 11) is 0. The number of nitrogens with zero attached hydrogens (tertiary/aromatic N) is 6. The van der Waals surface area contributed by atoms with Crippen molar-refractivity contribution in [2.24, 2.45) is 0 Å². The van der Waals surface area contributed by atoms with Crippen molar-refractivity contribution in [3.05, 3.63) is 42.9 Å². The van der Waals surface area contributed by atoms with E-state index >= 15 is 0 Å². The minimum atomic E-state index is 0. The lowest BCUT2D eigenvalue weighted by Crippen LogP contribution is -2.16. The Morgan fingerprint density at radius 3 is 2.70 bits per heavy atom. The SMILES string of the molecule is CCC(c1ncnn1CC)n1ccnc1-c1ccnc(N)c1.Cl. The molecule has 0 bridgehead atoms. The zero-order valence-electron chi connectivity index (χ0n) is 13.1. The molecule has 0 saturated carbocycles. The van der Waals surface area contributed by atoms with Crippen molar-refractivity contribution in [2.45, 2.75) is 32.9 Å². The topological polar surface area (TPSA) is 87.4 Å². The van der Waals surface area contributed by atoms with Crippen molar-refractivity contribution in [2.75, 3.05) is 5.73 Å². The van der Waals surface area contributed by atoms with Crippen LogP contribution in [0.25, 0.3) is 11.4 Å². The predicted octanol–water partition coefficient (Wildman–Crippen LogP) is 2.56. The molecule has 1 atom stereocenters. The molecule has 0 fully saturated rings. The largest absolute Gasteiger partial charge is 0.384 e. The van der Waals surface area contributed by atoms with Crippen molar-refractivity contribution in [3.8, 4) is 11.4 Å². The van der Waals surface area contributed by atoms with Gasteiger partial charge >= 0.3 is 0 Å². The first-order valence-corrected chi connectivity index (χ1v) is 7.37. The number of nitrogens with two attached hydrogens (primary N) is 1. The molecule has 0 aromatic carbocycles. The molecule has 0 aliphatic heterocycles. The van der Waals surface area contributed by atoms with Crippen molar-refractivity contribution in [1.29, 1.82) is 0 Å². The number of nitrogen functional groups attached to an aromatic ring is 1. The Kier molecular flexibility index (Phi) is 5.33. The van der Waals surface area contributed by atoms with Crippen LogP contribution in [0.15, 0.2) is 37.1 Å². The van der Waals surface area contributed by atoms with Gasteiger partial charge < -0.3 is 10.3 Å². The Labute approximate surface area is 141 Å². The van der Waals surface area contributed by atoms with Gasteiger partial charge in [0.2, 0.25) is 0 Å². The van der Waals surface area contributed by atoms with Gasteiger partial charge in [0.25, 0.3) is 0 Å². The maximum Gasteiger partial charge on any atom is 0.149 e. The van der Waals surface area contributed by atoms with E-state index in [-0.39, 0.29) is 18.4 Å². The third-order valence-corrected chi connectivity index (χ3v) is 3.67. The average Bonchev–Trinajstić information content (AvgIpc) is 3.17. The molecule has 0 radical (unpaired) electrons. The summed E-state index contributed by atoms with van der Waals surface area (Å²) in [6.45, 7) is 4.98. The third kappa shape index (κ3) is 3.19. The minimum Gasteiger partial charge on any atom is -0.384 e. The van der Waals surface area contributed by atoms with Gasteiger partial charge in [-0.25, -0.2) is 19.6 Å². The summed E-state index contributed by atoms with van der Waals surface area (Å²) >= 11 is 0. The standard InChI is InChI=1S/C15H19N7.ClH/c1-3-12(15-19-10-20-22(15)4-2)21-8-7-18-14(21)11-5-6-17-13(16)9-11;/h5-10,12H,3-4H2,1-2H3,(H2,16,17);1H. The van der Waals surface area contributed by atoms with Crippen LogP contribution in [-0.2, 0) is 6.54 Å². The molecule has 7 nitrogen and oxygen atoms in total. The molecule has 3 aromatic rings. The molecule has 0 saturated heterocycles. The molecule has 23 heavy (non-hydrogen) atoms. The summed E-state index contributed by atoms with van der Waals surface area (Å²) in [5, 5.41) is 4.27. The van der Waals surface area contributed by atoms with Crippen LogP contribution in [0.2, 0.25) is 0 Å². The number of aryl methyl sites for hydroxylation is 1. The summed E-state index contributed by atoms with van der Waals surface area (Å²) in [6, 6.07) is 3.82. The monoisotopic (exact) mass is 333 g/mol. The molecule has 0 aliphatic rings. The van der Waals surface area contributed by atoms with Crippen LogP contribution >= 0.6 is 12.4 Å².